The van der Waals surface area contributed by atoms with Gasteiger partial charge in [0.2, 0.25) is 11.6 Å². The minimum absolute atomic E-state index is 0.149. The van der Waals surface area contributed by atoms with Gasteiger partial charge in [-0.25, -0.2) is 0 Å². The predicted octanol–water partition coefficient (Wildman–Crippen LogP) is 8.82. The van der Waals surface area contributed by atoms with Crippen molar-refractivity contribution >= 4 is 5.97 Å². The van der Waals surface area contributed by atoms with E-state index < -0.39 is 17.6 Å². The molecule has 0 aromatic heterocycles. The SMILES string of the molecule is C/C=C/CCC1CCC(C2CCC3C(CCCC3C(=O)Oc3ccc(OC/C=C/C)c(F)c3F)C2)CC1. The minimum Gasteiger partial charge on any atom is -0.486 e. The van der Waals surface area contributed by atoms with E-state index >= 15 is 0 Å². The number of esters is 1. The van der Waals surface area contributed by atoms with Crippen LogP contribution in [-0.2, 0) is 4.79 Å². The van der Waals surface area contributed by atoms with Gasteiger partial charge in [-0.3, -0.25) is 4.79 Å². The first kappa shape index (κ1) is 27.9. The fourth-order valence-corrected chi connectivity index (χ4v) is 7.29. The molecule has 1 aromatic rings. The van der Waals surface area contributed by atoms with Crippen LogP contribution in [0.15, 0.2) is 36.4 Å². The molecular formula is C32H44F2O3. The molecule has 0 amide bonds. The Bertz CT molecular complexity index is 948. The Morgan fingerprint density at radius 1 is 0.865 bits per heavy atom. The second-order valence-corrected chi connectivity index (χ2v) is 11.5. The molecule has 3 fully saturated rings. The van der Waals surface area contributed by atoms with Gasteiger partial charge in [0, 0.05) is 0 Å². The smallest absolute Gasteiger partial charge is 0.314 e. The van der Waals surface area contributed by atoms with Gasteiger partial charge in [-0.05, 0) is 107 Å². The monoisotopic (exact) mass is 514 g/mol. The standard InChI is InChI=1S/C32H44F2O3/c1-3-5-7-9-22-12-14-23(15-13-22)24-16-17-26-25(21-24)10-8-11-27(26)32(35)37-29-19-18-28(30(33)31(29)34)36-20-6-4-2/h3-6,18-19,22-27H,7-17,20-21H2,1-2H3/b5-3+,6-4+. The van der Waals surface area contributed by atoms with Gasteiger partial charge < -0.3 is 9.47 Å². The molecule has 3 nitrogen and oxygen atoms in total. The third-order valence-electron chi connectivity index (χ3n) is 9.32. The average Bonchev–Trinajstić information content (AvgIpc) is 2.92. The van der Waals surface area contributed by atoms with Gasteiger partial charge in [-0.1, -0.05) is 50.0 Å². The van der Waals surface area contributed by atoms with Gasteiger partial charge >= 0.3 is 5.97 Å². The van der Waals surface area contributed by atoms with Crippen LogP contribution in [0, 0.1) is 47.1 Å². The molecule has 5 heteroatoms. The molecule has 3 aliphatic rings. The highest BCUT2D eigenvalue weighted by atomic mass is 19.2. The van der Waals surface area contributed by atoms with Crippen LogP contribution in [-0.4, -0.2) is 12.6 Å². The van der Waals surface area contributed by atoms with E-state index in [0.717, 1.165) is 37.0 Å². The number of carbonyl (C=O) groups is 1. The first-order chi connectivity index (χ1) is 18.0. The first-order valence-electron chi connectivity index (χ1n) is 14.6. The van der Waals surface area contributed by atoms with E-state index in [2.05, 4.69) is 19.1 Å². The third kappa shape index (κ3) is 7.03. The molecule has 0 radical (unpaired) electrons. The first-order valence-corrected chi connectivity index (χ1v) is 14.6. The van der Waals surface area contributed by atoms with Gasteiger partial charge in [0.15, 0.2) is 11.5 Å². The highest BCUT2D eigenvalue weighted by Crippen LogP contribution is 2.50. The fraction of sp³-hybridized carbons (Fsp3) is 0.656. The maximum absolute atomic E-state index is 14.6. The Balaban J connectivity index is 1.31. The number of hydrogen-bond donors (Lipinski definition) is 0. The molecule has 4 atom stereocenters. The fourth-order valence-electron chi connectivity index (χ4n) is 7.29. The summed E-state index contributed by atoms with van der Waals surface area (Å²) < 4.78 is 39.8. The van der Waals surface area contributed by atoms with Crippen LogP contribution in [0.3, 0.4) is 0 Å². The zero-order chi connectivity index (χ0) is 26.2. The summed E-state index contributed by atoms with van der Waals surface area (Å²) >= 11 is 0. The van der Waals surface area contributed by atoms with E-state index in [1.165, 1.54) is 69.9 Å². The Labute approximate surface area is 221 Å². The Hall–Kier alpha value is -2.17. The molecule has 0 saturated heterocycles. The molecule has 0 aliphatic heterocycles. The van der Waals surface area contributed by atoms with Crippen LogP contribution in [0.25, 0.3) is 0 Å². The molecule has 3 aliphatic carbocycles. The quantitative estimate of drug-likeness (QED) is 0.188. The van der Waals surface area contributed by atoms with Gasteiger partial charge in [0.25, 0.3) is 0 Å². The molecule has 4 unspecified atom stereocenters. The predicted molar refractivity (Wildman–Crippen MR) is 143 cm³/mol. The summed E-state index contributed by atoms with van der Waals surface area (Å²) in [7, 11) is 0. The number of halogens is 2. The van der Waals surface area contributed by atoms with E-state index in [0.29, 0.717) is 11.8 Å². The molecule has 1 aromatic carbocycles. The Morgan fingerprint density at radius 3 is 2.32 bits per heavy atom. The summed E-state index contributed by atoms with van der Waals surface area (Å²) in [4.78, 5) is 13.2. The van der Waals surface area contributed by atoms with E-state index in [4.69, 9.17) is 9.47 Å². The van der Waals surface area contributed by atoms with Gasteiger partial charge in [-0.15, -0.1) is 0 Å². The lowest BCUT2D eigenvalue weighted by Crippen LogP contribution is -2.40. The number of carbonyl (C=O) groups excluding carboxylic acids is 1. The molecule has 4 rings (SSSR count). The van der Waals surface area contributed by atoms with Crippen molar-refractivity contribution in [1.29, 1.82) is 0 Å². The van der Waals surface area contributed by atoms with Crippen molar-refractivity contribution in [1.82, 2.24) is 0 Å². The summed E-state index contributed by atoms with van der Waals surface area (Å²) in [6.07, 6.45) is 22.3. The highest BCUT2D eigenvalue weighted by Gasteiger charge is 2.43. The number of rotatable bonds is 9. The number of allylic oxidation sites excluding steroid dienone is 3. The van der Waals surface area contributed by atoms with E-state index in [1.54, 1.807) is 12.2 Å². The second kappa shape index (κ2) is 13.6. The summed E-state index contributed by atoms with van der Waals surface area (Å²) in [6.45, 7) is 4.07. The Morgan fingerprint density at radius 2 is 1.57 bits per heavy atom. The molecule has 0 bridgehead atoms. The van der Waals surface area contributed by atoms with E-state index in [9.17, 15) is 13.6 Å². The normalized spacial score (nSPS) is 30.4. The van der Waals surface area contributed by atoms with Crippen LogP contribution in [0.4, 0.5) is 8.78 Å². The van der Waals surface area contributed by atoms with Gasteiger partial charge in [0.05, 0.1) is 5.92 Å². The lowest BCUT2D eigenvalue weighted by atomic mass is 9.59. The summed E-state index contributed by atoms with van der Waals surface area (Å²) in [6, 6.07) is 2.63. The summed E-state index contributed by atoms with van der Waals surface area (Å²) in [5, 5.41) is 0. The molecular weight excluding hydrogens is 470 g/mol. The lowest BCUT2D eigenvalue weighted by Gasteiger charge is -2.46. The molecule has 0 spiro atoms. The van der Waals surface area contributed by atoms with Crippen LogP contribution in [0.1, 0.15) is 90.9 Å². The summed E-state index contributed by atoms with van der Waals surface area (Å²) in [5.41, 5.74) is 0. The maximum atomic E-state index is 14.6. The maximum Gasteiger partial charge on any atom is 0.314 e. The molecule has 37 heavy (non-hydrogen) atoms. The molecule has 0 N–H and O–H groups in total. The number of fused-ring (bicyclic) bond motifs is 1. The van der Waals surface area contributed by atoms with E-state index in [-0.39, 0.29) is 24.0 Å². The van der Waals surface area contributed by atoms with Crippen molar-refractivity contribution in [2.24, 2.45) is 35.5 Å². The molecule has 204 valence electrons. The second-order valence-electron chi connectivity index (χ2n) is 11.5. The highest BCUT2D eigenvalue weighted by molar-refractivity contribution is 5.75. The van der Waals surface area contributed by atoms with Crippen molar-refractivity contribution in [2.75, 3.05) is 6.61 Å². The summed E-state index contributed by atoms with van der Waals surface area (Å²) in [5.74, 6) is -0.112. The molecule has 3 saturated carbocycles. The van der Waals surface area contributed by atoms with Crippen LogP contribution in [0.5, 0.6) is 11.5 Å². The Kier molecular flexibility index (Phi) is 10.2. The van der Waals surface area contributed by atoms with Gasteiger partial charge in [-0.2, -0.15) is 8.78 Å². The lowest BCUT2D eigenvalue weighted by molar-refractivity contribution is -0.144. The molecule has 0 heterocycles. The van der Waals surface area contributed by atoms with Crippen LogP contribution < -0.4 is 9.47 Å². The van der Waals surface area contributed by atoms with Gasteiger partial charge in [0.1, 0.15) is 6.61 Å². The number of hydrogen-bond acceptors (Lipinski definition) is 3. The zero-order valence-corrected chi connectivity index (χ0v) is 22.6. The average molecular weight is 515 g/mol. The van der Waals surface area contributed by atoms with Crippen molar-refractivity contribution in [3.8, 4) is 11.5 Å². The zero-order valence-electron chi connectivity index (χ0n) is 22.6. The minimum atomic E-state index is -1.16. The van der Waals surface area contributed by atoms with Crippen LogP contribution >= 0.6 is 0 Å². The van der Waals surface area contributed by atoms with Crippen molar-refractivity contribution in [3.05, 3.63) is 48.1 Å². The third-order valence-corrected chi connectivity index (χ3v) is 9.32. The number of ether oxygens (including phenoxy) is 2. The van der Waals surface area contributed by atoms with Crippen molar-refractivity contribution < 1.29 is 23.0 Å². The van der Waals surface area contributed by atoms with Crippen molar-refractivity contribution in [3.63, 3.8) is 0 Å². The van der Waals surface area contributed by atoms with Crippen molar-refractivity contribution in [2.45, 2.75) is 90.9 Å². The van der Waals surface area contributed by atoms with Crippen LogP contribution in [0.2, 0.25) is 0 Å². The van der Waals surface area contributed by atoms with E-state index in [1.807, 2.05) is 6.92 Å². The number of benzene rings is 1. The largest absolute Gasteiger partial charge is 0.486 e. The topological polar surface area (TPSA) is 35.5 Å².